The number of H-pyrrole nitrogens is 1. The standard InChI is InChI=1S/C19H19N3O3/c1-12-15(14-6-4-5-7-16(14)21-12)11-20-22-19(23)13-8-9-17(24-2)18(10-13)25-3/h4-11,21H,1-3H3,(H,22,23)/b20-11+. The van der Waals surface area contributed by atoms with E-state index < -0.39 is 0 Å². The average Bonchev–Trinajstić information content (AvgIpc) is 2.96. The lowest BCUT2D eigenvalue weighted by atomic mass is 10.1. The van der Waals surface area contributed by atoms with Crippen LogP contribution in [0.15, 0.2) is 47.6 Å². The van der Waals surface area contributed by atoms with Gasteiger partial charge >= 0.3 is 0 Å². The van der Waals surface area contributed by atoms with Gasteiger partial charge in [0.2, 0.25) is 0 Å². The Kier molecular flexibility index (Phi) is 4.70. The Morgan fingerprint density at radius 3 is 2.64 bits per heavy atom. The Hall–Kier alpha value is -3.28. The third-order valence-corrected chi connectivity index (χ3v) is 3.95. The molecule has 1 amide bonds. The molecule has 25 heavy (non-hydrogen) atoms. The molecule has 128 valence electrons. The fraction of sp³-hybridized carbons (Fsp3) is 0.158. The summed E-state index contributed by atoms with van der Waals surface area (Å²) in [7, 11) is 3.07. The zero-order valence-corrected chi connectivity index (χ0v) is 14.3. The predicted octanol–water partition coefficient (Wildman–Crippen LogP) is 3.26. The van der Waals surface area contributed by atoms with Gasteiger partial charge in [0.05, 0.1) is 20.4 Å². The van der Waals surface area contributed by atoms with Crippen LogP contribution in [0.25, 0.3) is 10.9 Å². The van der Waals surface area contributed by atoms with Crippen molar-refractivity contribution in [2.24, 2.45) is 5.10 Å². The summed E-state index contributed by atoms with van der Waals surface area (Å²) in [4.78, 5) is 15.6. The highest BCUT2D eigenvalue weighted by Crippen LogP contribution is 2.27. The van der Waals surface area contributed by atoms with Crippen LogP contribution in [0.4, 0.5) is 0 Å². The summed E-state index contributed by atoms with van der Waals surface area (Å²) in [6.07, 6.45) is 1.65. The largest absolute Gasteiger partial charge is 0.493 e. The van der Waals surface area contributed by atoms with Crippen LogP contribution >= 0.6 is 0 Å². The minimum Gasteiger partial charge on any atom is -0.493 e. The number of nitrogens with one attached hydrogen (secondary N) is 2. The first-order valence-electron chi connectivity index (χ1n) is 7.76. The van der Waals surface area contributed by atoms with Crippen molar-refractivity contribution in [1.29, 1.82) is 0 Å². The molecule has 6 nitrogen and oxygen atoms in total. The number of hydrogen-bond acceptors (Lipinski definition) is 4. The maximum Gasteiger partial charge on any atom is 0.271 e. The van der Waals surface area contributed by atoms with Crippen LogP contribution in [-0.2, 0) is 0 Å². The maximum absolute atomic E-state index is 12.3. The molecule has 0 unspecified atom stereocenters. The molecule has 1 aromatic heterocycles. The van der Waals surface area contributed by atoms with E-state index in [9.17, 15) is 4.79 Å². The molecule has 0 atom stereocenters. The predicted molar refractivity (Wildman–Crippen MR) is 97.6 cm³/mol. The minimum atomic E-state index is -0.324. The maximum atomic E-state index is 12.3. The van der Waals surface area contributed by atoms with Crippen LogP contribution < -0.4 is 14.9 Å². The van der Waals surface area contributed by atoms with Gasteiger partial charge in [-0.25, -0.2) is 5.43 Å². The van der Waals surface area contributed by atoms with Gasteiger partial charge in [-0.1, -0.05) is 18.2 Å². The lowest BCUT2D eigenvalue weighted by Gasteiger charge is -2.08. The number of amides is 1. The van der Waals surface area contributed by atoms with Crippen molar-refractivity contribution in [1.82, 2.24) is 10.4 Å². The van der Waals surface area contributed by atoms with Gasteiger partial charge in [-0.05, 0) is 31.2 Å². The zero-order chi connectivity index (χ0) is 17.8. The van der Waals surface area contributed by atoms with Crippen molar-refractivity contribution in [3.63, 3.8) is 0 Å². The van der Waals surface area contributed by atoms with E-state index in [-0.39, 0.29) is 5.91 Å². The first-order chi connectivity index (χ1) is 12.1. The minimum absolute atomic E-state index is 0.324. The number of aromatic nitrogens is 1. The summed E-state index contributed by atoms with van der Waals surface area (Å²) < 4.78 is 10.4. The third kappa shape index (κ3) is 3.33. The van der Waals surface area contributed by atoms with E-state index in [1.165, 1.54) is 7.11 Å². The SMILES string of the molecule is COc1ccc(C(=O)N/N=C/c2c(C)[nH]c3ccccc23)cc1OC. The number of rotatable bonds is 5. The quantitative estimate of drug-likeness (QED) is 0.554. The zero-order valence-electron chi connectivity index (χ0n) is 14.3. The molecular weight excluding hydrogens is 318 g/mol. The van der Waals surface area contributed by atoms with E-state index in [0.717, 1.165) is 22.2 Å². The van der Waals surface area contributed by atoms with E-state index in [1.807, 2.05) is 31.2 Å². The highest BCUT2D eigenvalue weighted by Gasteiger charge is 2.10. The van der Waals surface area contributed by atoms with Gasteiger partial charge in [0, 0.05) is 27.7 Å². The number of aryl methyl sites for hydroxylation is 1. The van der Waals surface area contributed by atoms with Crippen LogP contribution in [0.5, 0.6) is 11.5 Å². The topological polar surface area (TPSA) is 75.7 Å². The number of methoxy groups -OCH3 is 2. The molecule has 2 N–H and O–H groups in total. The van der Waals surface area contributed by atoms with Gasteiger partial charge in [-0.15, -0.1) is 0 Å². The van der Waals surface area contributed by atoms with Crippen molar-refractivity contribution in [2.45, 2.75) is 6.92 Å². The number of para-hydroxylation sites is 1. The van der Waals surface area contributed by atoms with Gasteiger partial charge in [0.15, 0.2) is 11.5 Å². The fourth-order valence-corrected chi connectivity index (χ4v) is 2.66. The Labute approximate surface area is 145 Å². The molecule has 0 aliphatic rings. The summed E-state index contributed by atoms with van der Waals surface area (Å²) in [5.74, 6) is 0.735. The molecule has 1 heterocycles. The average molecular weight is 337 g/mol. The number of hydrazone groups is 1. The van der Waals surface area contributed by atoms with E-state index in [1.54, 1.807) is 31.5 Å². The highest BCUT2D eigenvalue weighted by molar-refractivity contribution is 6.01. The molecule has 0 spiro atoms. The molecule has 6 heteroatoms. The molecule has 0 aliphatic heterocycles. The third-order valence-electron chi connectivity index (χ3n) is 3.95. The Morgan fingerprint density at radius 2 is 1.88 bits per heavy atom. The van der Waals surface area contributed by atoms with Crippen molar-refractivity contribution < 1.29 is 14.3 Å². The van der Waals surface area contributed by atoms with Crippen LogP contribution in [0.3, 0.4) is 0 Å². The summed E-state index contributed by atoms with van der Waals surface area (Å²) in [5.41, 5.74) is 5.95. The van der Waals surface area contributed by atoms with Crippen LogP contribution in [0, 0.1) is 6.92 Å². The van der Waals surface area contributed by atoms with Crippen LogP contribution in [0.1, 0.15) is 21.6 Å². The number of ether oxygens (including phenoxy) is 2. The van der Waals surface area contributed by atoms with Gasteiger partial charge in [-0.2, -0.15) is 5.10 Å². The second-order valence-electron chi connectivity index (χ2n) is 5.48. The molecule has 3 aromatic rings. The van der Waals surface area contributed by atoms with E-state index in [2.05, 4.69) is 15.5 Å². The number of benzene rings is 2. The summed E-state index contributed by atoms with van der Waals surface area (Å²) >= 11 is 0. The highest BCUT2D eigenvalue weighted by atomic mass is 16.5. The monoisotopic (exact) mass is 337 g/mol. The number of nitrogens with zero attached hydrogens (tertiary/aromatic N) is 1. The van der Waals surface area contributed by atoms with Gasteiger partial charge in [0.1, 0.15) is 0 Å². The number of carbonyl (C=O) groups is 1. The Balaban J connectivity index is 1.77. The normalized spacial score (nSPS) is 11.0. The van der Waals surface area contributed by atoms with Crippen LogP contribution in [0.2, 0.25) is 0 Å². The lowest BCUT2D eigenvalue weighted by molar-refractivity contribution is 0.0954. The van der Waals surface area contributed by atoms with E-state index in [0.29, 0.717) is 17.1 Å². The van der Waals surface area contributed by atoms with Crippen molar-refractivity contribution in [3.05, 3.63) is 59.3 Å². The Bertz CT molecular complexity index is 944. The summed E-state index contributed by atoms with van der Waals surface area (Å²) in [6.45, 7) is 1.97. The molecule has 0 fully saturated rings. The molecule has 3 rings (SSSR count). The number of hydrogen-bond donors (Lipinski definition) is 2. The molecule has 2 aromatic carbocycles. The molecule has 0 bridgehead atoms. The van der Waals surface area contributed by atoms with Crippen molar-refractivity contribution >= 4 is 23.0 Å². The summed E-state index contributed by atoms with van der Waals surface area (Å²) in [5, 5.41) is 5.14. The number of fused-ring (bicyclic) bond motifs is 1. The number of carbonyl (C=O) groups excluding carboxylic acids is 1. The van der Waals surface area contributed by atoms with Gasteiger partial charge in [0.25, 0.3) is 5.91 Å². The first-order valence-corrected chi connectivity index (χ1v) is 7.76. The van der Waals surface area contributed by atoms with E-state index in [4.69, 9.17) is 9.47 Å². The fourth-order valence-electron chi connectivity index (χ4n) is 2.66. The Morgan fingerprint density at radius 1 is 1.12 bits per heavy atom. The molecular formula is C19H19N3O3. The molecule has 0 saturated heterocycles. The molecule has 0 aliphatic carbocycles. The first kappa shape index (κ1) is 16.6. The second kappa shape index (κ2) is 7.09. The molecule has 0 saturated carbocycles. The molecule has 0 radical (unpaired) electrons. The lowest BCUT2D eigenvalue weighted by Crippen LogP contribution is -2.17. The van der Waals surface area contributed by atoms with Gasteiger partial charge < -0.3 is 14.5 Å². The van der Waals surface area contributed by atoms with E-state index >= 15 is 0 Å². The van der Waals surface area contributed by atoms with Crippen molar-refractivity contribution in [2.75, 3.05) is 14.2 Å². The van der Waals surface area contributed by atoms with Crippen molar-refractivity contribution in [3.8, 4) is 11.5 Å². The number of aromatic amines is 1. The van der Waals surface area contributed by atoms with Gasteiger partial charge in [-0.3, -0.25) is 4.79 Å². The smallest absolute Gasteiger partial charge is 0.271 e. The summed E-state index contributed by atoms with van der Waals surface area (Å²) in [6, 6.07) is 12.9. The van der Waals surface area contributed by atoms with Crippen LogP contribution in [-0.4, -0.2) is 31.3 Å². The second-order valence-corrected chi connectivity index (χ2v) is 5.48.